The van der Waals surface area contributed by atoms with E-state index in [1.54, 1.807) is 6.20 Å². The molecule has 1 aliphatic rings. The van der Waals surface area contributed by atoms with E-state index in [0.29, 0.717) is 0 Å². The molecule has 2 atom stereocenters. The number of pyridine rings is 1. The summed E-state index contributed by atoms with van der Waals surface area (Å²) in [5.41, 5.74) is 7.53. The van der Waals surface area contributed by atoms with Crippen LogP contribution in [0.15, 0.2) is 18.3 Å². The highest BCUT2D eigenvalue weighted by Gasteiger charge is 2.24. The Morgan fingerprint density at radius 2 is 2.11 bits per heavy atom. The lowest BCUT2D eigenvalue weighted by molar-refractivity contribution is 0.141. The molecule has 1 aromatic heterocycles. The molecule has 1 saturated carbocycles. The fourth-order valence-corrected chi connectivity index (χ4v) is 2.99. The van der Waals surface area contributed by atoms with Crippen molar-refractivity contribution >= 4 is 5.69 Å². The highest BCUT2D eigenvalue weighted by atomic mass is 15.1. The van der Waals surface area contributed by atoms with Crippen molar-refractivity contribution < 1.29 is 0 Å². The zero-order chi connectivity index (χ0) is 13.0. The van der Waals surface area contributed by atoms with Gasteiger partial charge in [-0.1, -0.05) is 19.8 Å². The summed E-state index contributed by atoms with van der Waals surface area (Å²) < 4.78 is 0. The summed E-state index contributed by atoms with van der Waals surface area (Å²) in [6, 6.07) is 4.73. The number of nitrogens with two attached hydrogens (primary N) is 1. The van der Waals surface area contributed by atoms with E-state index in [0.717, 1.165) is 36.3 Å². The summed E-state index contributed by atoms with van der Waals surface area (Å²) in [7, 11) is 2.25. The maximum atomic E-state index is 5.64. The van der Waals surface area contributed by atoms with E-state index in [2.05, 4.69) is 23.9 Å². The van der Waals surface area contributed by atoms with Crippen LogP contribution in [0.4, 0.5) is 5.69 Å². The number of anilines is 1. The number of nitrogen functional groups attached to an aromatic ring is 1. The third-order valence-electron chi connectivity index (χ3n) is 4.20. The van der Waals surface area contributed by atoms with Gasteiger partial charge in [0.05, 0.1) is 11.9 Å². The molecule has 1 aromatic rings. The van der Waals surface area contributed by atoms with E-state index < -0.39 is 0 Å². The minimum absolute atomic E-state index is 0.744. The molecule has 0 aliphatic heterocycles. The molecule has 0 bridgehead atoms. The van der Waals surface area contributed by atoms with Gasteiger partial charge in [-0.3, -0.25) is 4.98 Å². The van der Waals surface area contributed by atoms with Crippen LogP contribution in [0.3, 0.4) is 0 Å². The van der Waals surface area contributed by atoms with Gasteiger partial charge in [-0.15, -0.1) is 0 Å². The van der Waals surface area contributed by atoms with E-state index in [9.17, 15) is 0 Å². The van der Waals surface area contributed by atoms with Crippen LogP contribution in [0, 0.1) is 5.92 Å². The van der Waals surface area contributed by atoms with Crippen molar-refractivity contribution in [1.29, 1.82) is 0 Å². The Kier molecular flexibility index (Phi) is 4.59. The molecule has 18 heavy (non-hydrogen) atoms. The average Bonchev–Trinajstić information content (AvgIpc) is 2.38. The van der Waals surface area contributed by atoms with Crippen molar-refractivity contribution in [2.24, 2.45) is 5.92 Å². The van der Waals surface area contributed by atoms with Gasteiger partial charge in [0, 0.05) is 24.7 Å². The summed E-state index contributed by atoms with van der Waals surface area (Å²) in [5.74, 6) is 0.836. The lowest BCUT2D eigenvalue weighted by atomic mass is 9.85. The van der Waals surface area contributed by atoms with Crippen LogP contribution in [0.1, 0.15) is 38.3 Å². The van der Waals surface area contributed by atoms with Gasteiger partial charge in [0.2, 0.25) is 0 Å². The predicted molar refractivity (Wildman–Crippen MR) is 76.4 cm³/mol. The Balaban J connectivity index is 1.83. The molecule has 2 rings (SSSR count). The maximum absolute atomic E-state index is 5.64. The molecule has 1 aliphatic carbocycles. The van der Waals surface area contributed by atoms with Crippen LogP contribution >= 0.6 is 0 Å². The third kappa shape index (κ3) is 3.45. The first-order valence-corrected chi connectivity index (χ1v) is 7.07. The van der Waals surface area contributed by atoms with Crippen molar-refractivity contribution in [1.82, 2.24) is 9.88 Å². The van der Waals surface area contributed by atoms with Gasteiger partial charge in [-0.05, 0) is 37.9 Å². The summed E-state index contributed by atoms with van der Waals surface area (Å²) in [6.07, 6.45) is 8.30. The minimum atomic E-state index is 0.744. The molecule has 3 heteroatoms. The number of likely N-dealkylation sites (N-methyl/N-ethyl adjacent to an activating group) is 1. The molecule has 0 radical (unpaired) electrons. The van der Waals surface area contributed by atoms with Crippen LogP contribution in [0.5, 0.6) is 0 Å². The molecule has 3 nitrogen and oxygen atoms in total. The predicted octanol–water partition coefficient (Wildman–Crippen LogP) is 2.72. The smallest absolute Gasteiger partial charge is 0.0501 e. The SMILES string of the molecule is CC1CCCCC1N(C)CCc1ccc(N)cn1. The van der Waals surface area contributed by atoms with Gasteiger partial charge < -0.3 is 10.6 Å². The van der Waals surface area contributed by atoms with Crippen molar-refractivity contribution in [3.8, 4) is 0 Å². The van der Waals surface area contributed by atoms with Crippen LogP contribution in [0.2, 0.25) is 0 Å². The molecule has 0 aromatic carbocycles. The van der Waals surface area contributed by atoms with Crippen LogP contribution < -0.4 is 5.73 Å². The highest BCUT2D eigenvalue weighted by Crippen LogP contribution is 2.27. The van der Waals surface area contributed by atoms with Crippen molar-refractivity contribution in [2.45, 2.75) is 45.1 Å². The Morgan fingerprint density at radius 3 is 2.78 bits per heavy atom. The lowest BCUT2D eigenvalue weighted by Gasteiger charge is -2.36. The fraction of sp³-hybridized carbons (Fsp3) is 0.667. The molecular formula is C15H25N3. The monoisotopic (exact) mass is 247 g/mol. The quantitative estimate of drug-likeness (QED) is 0.889. The van der Waals surface area contributed by atoms with Gasteiger partial charge in [0.25, 0.3) is 0 Å². The van der Waals surface area contributed by atoms with Gasteiger partial charge in [-0.2, -0.15) is 0 Å². The standard InChI is InChI=1S/C15H25N3/c1-12-5-3-4-6-15(12)18(2)10-9-14-8-7-13(16)11-17-14/h7-8,11-12,15H,3-6,9-10,16H2,1-2H3. The van der Waals surface area contributed by atoms with Crippen LogP contribution in [-0.4, -0.2) is 29.5 Å². The fourth-order valence-electron chi connectivity index (χ4n) is 2.99. The van der Waals surface area contributed by atoms with Crippen LogP contribution in [-0.2, 0) is 6.42 Å². The number of hydrogen-bond acceptors (Lipinski definition) is 3. The topological polar surface area (TPSA) is 42.1 Å². The molecule has 100 valence electrons. The maximum Gasteiger partial charge on any atom is 0.0501 e. The summed E-state index contributed by atoms with van der Waals surface area (Å²) in [4.78, 5) is 6.88. The number of nitrogens with zero attached hydrogens (tertiary/aromatic N) is 2. The number of hydrogen-bond donors (Lipinski definition) is 1. The zero-order valence-electron chi connectivity index (χ0n) is 11.6. The van der Waals surface area contributed by atoms with E-state index in [-0.39, 0.29) is 0 Å². The van der Waals surface area contributed by atoms with Crippen molar-refractivity contribution in [2.75, 3.05) is 19.3 Å². The molecule has 2 unspecified atom stereocenters. The summed E-state index contributed by atoms with van der Waals surface area (Å²) >= 11 is 0. The largest absolute Gasteiger partial charge is 0.397 e. The first kappa shape index (κ1) is 13.3. The van der Waals surface area contributed by atoms with Gasteiger partial charge in [0.1, 0.15) is 0 Å². The van der Waals surface area contributed by atoms with Crippen molar-refractivity contribution in [3.05, 3.63) is 24.0 Å². The second kappa shape index (κ2) is 6.19. The van der Waals surface area contributed by atoms with E-state index in [4.69, 9.17) is 5.73 Å². The van der Waals surface area contributed by atoms with E-state index in [1.165, 1.54) is 25.7 Å². The Bertz CT molecular complexity index is 361. The molecular weight excluding hydrogens is 222 g/mol. The lowest BCUT2D eigenvalue weighted by Crippen LogP contribution is -2.40. The molecule has 1 fully saturated rings. The van der Waals surface area contributed by atoms with Crippen molar-refractivity contribution in [3.63, 3.8) is 0 Å². The second-order valence-corrected chi connectivity index (χ2v) is 5.64. The Hall–Kier alpha value is -1.09. The summed E-state index contributed by atoms with van der Waals surface area (Å²) in [5, 5.41) is 0. The number of rotatable bonds is 4. The Labute approximate surface area is 110 Å². The molecule has 0 spiro atoms. The summed E-state index contributed by atoms with van der Waals surface area (Å²) in [6.45, 7) is 3.48. The third-order valence-corrected chi connectivity index (χ3v) is 4.20. The van der Waals surface area contributed by atoms with Gasteiger partial charge in [0.15, 0.2) is 0 Å². The molecule has 2 N–H and O–H groups in total. The Morgan fingerprint density at radius 1 is 1.33 bits per heavy atom. The molecule has 0 saturated heterocycles. The van der Waals surface area contributed by atoms with Gasteiger partial charge in [-0.25, -0.2) is 0 Å². The number of aromatic nitrogens is 1. The minimum Gasteiger partial charge on any atom is -0.397 e. The van der Waals surface area contributed by atoms with Crippen LogP contribution in [0.25, 0.3) is 0 Å². The first-order valence-electron chi connectivity index (χ1n) is 7.07. The zero-order valence-corrected chi connectivity index (χ0v) is 11.6. The van der Waals surface area contributed by atoms with E-state index in [1.807, 2.05) is 12.1 Å². The van der Waals surface area contributed by atoms with E-state index >= 15 is 0 Å². The molecule has 0 amide bonds. The second-order valence-electron chi connectivity index (χ2n) is 5.64. The highest BCUT2D eigenvalue weighted by molar-refractivity contribution is 5.34. The normalized spacial score (nSPS) is 24.4. The van der Waals surface area contributed by atoms with Gasteiger partial charge >= 0.3 is 0 Å². The molecule has 1 heterocycles. The first-order chi connectivity index (χ1) is 8.66. The average molecular weight is 247 g/mol.